The van der Waals surface area contributed by atoms with Crippen molar-refractivity contribution in [3.63, 3.8) is 0 Å². The lowest BCUT2D eigenvalue weighted by Crippen LogP contribution is -2.52. The molecule has 1 aliphatic rings. The number of nitrogens with one attached hydrogen (secondary N) is 2. The van der Waals surface area contributed by atoms with Crippen LogP contribution < -0.4 is 15.6 Å². The predicted molar refractivity (Wildman–Crippen MR) is 177 cm³/mol. The molecule has 2 atom stereocenters. The molecule has 0 aliphatic carbocycles. The van der Waals surface area contributed by atoms with Gasteiger partial charge in [-0.2, -0.15) is 0 Å². The number of aliphatic imine (C=N–C) groups is 1. The van der Waals surface area contributed by atoms with Crippen molar-refractivity contribution in [2.75, 3.05) is 13.2 Å². The van der Waals surface area contributed by atoms with E-state index in [0.29, 0.717) is 37.6 Å². The standard InChI is InChI=1S/C36H36BrN3O4/c1-26-8-5-11-28(24-26)25-38-40-35(42)36(21-6-12-27-9-3-2-4-10-27)33(29-13-17-31(37)18-14-29)44-34(39-36)30-15-19-32(20-16-30)43-23-7-22-41/h2-6,8-20,24,33,38,41H,7,21-23,25H2,1H3,(H,40,42)/b12-6+/t33-,36-/m0/s1. The SMILES string of the molecule is Cc1cccc(CNNC(=O)[C@@]2(C/C=C/c3ccccc3)N=C(c3ccc(OCCCO)cc3)O[C@H]2c2ccc(Br)cc2)c1. The smallest absolute Gasteiger partial charge is 0.266 e. The number of ether oxygens (including phenoxy) is 2. The Morgan fingerprint density at radius 2 is 1.80 bits per heavy atom. The Morgan fingerprint density at radius 3 is 2.52 bits per heavy atom. The highest BCUT2D eigenvalue weighted by molar-refractivity contribution is 9.10. The fourth-order valence-corrected chi connectivity index (χ4v) is 5.31. The summed E-state index contributed by atoms with van der Waals surface area (Å²) in [4.78, 5) is 19.3. The van der Waals surface area contributed by atoms with Crippen molar-refractivity contribution in [3.8, 4) is 5.75 Å². The van der Waals surface area contributed by atoms with Crippen LogP contribution in [-0.2, 0) is 16.1 Å². The van der Waals surface area contributed by atoms with E-state index in [9.17, 15) is 4.79 Å². The van der Waals surface area contributed by atoms with Gasteiger partial charge in [-0.25, -0.2) is 10.4 Å². The summed E-state index contributed by atoms with van der Waals surface area (Å²) in [6, 6.07) is 33.3. The molecule has 226 valence electrons. The van der Waals surface area contributed by atoms with Crippen molar-refractivity contribution in [3.05, 3.63) is 141 Å². The molecule has 0 aromatic heterocycles. The fraction of sp³-hybridized carbons (Fsp3) is 0.222. The number of carbonyl (C=O) groups is 1. The summed E-state index contributed by atoms with van der Waals surface area (Å²) in [5.41, 5.74) is 9.56. The number of rotatable bonds is 13. The van der Waals surface area contributed by atoms with Gasteiger partial charge in [0.25, 0.3) is 5.91 Å². The second-order valence-electron chi connectivity index (χ2n) is 10.7. The number of benzene rings is 4. The van der Waals surface area contributed by atoms with Gasteiger partial charge in [-0.3, -0.25) is 10.2 Å². The molecule has 4 aromatic carbocycles. The summed E-state index contributed by atoms with van der Waals surface area (Å²) < 4.78 is 13.2. The first kappa shape index (κ1) is 31.2. The van der Waals surface area contributed by atoms with Crippen molar-refractivity contribution in [1.82, 2.24) is 10.9 Å². The number of nitrogens with zero attached hydrogens (tertiary/aromatic N) is 1. The largest absolute Gasteiger partial charge is 0.494 e. The molecular formula is C36H36BrN3O4. The van der Waals surface area contributed by atoms with Gasteiger partial charge in [0.15, 0.2) is 11.6 Å². The lowest BCUT2D eigenvalue weighted by atomic mass is 9.84. The van der Waals surface area contributed by atoms with Crippen molar-refractivity contribution < 1.29 is 19.4 Å². The van der Waals surface area contributed by atoms with Gasteiger partial charge < -0.3 is 14.6 Å². The second kappa shape index (κ2) is 15.0. The van der Waals surface area contributed by atoms with Crippen molar-refractivity contribution in [2.45, 2.75) is 38.0 Å². The quantitative estimate of drug-likeness (QED) is 0.110. The molecule has 4 aromatic rings. The van der Waals surface area contributed by atoms with Crippen molar-refractivity contribution in [2.24, 2.45) is 4.99 Å². The average Bonchev–Trinajstić information content (AvgIpc) is 3.43. The maximum Gasteiger partial charge on any atom is 0.266 e. The van der Waals surface area contributed by atoms with Gasteiger partial charge in [-0.05, 0) is 60.0 Å². The zero-order chi connectivity index (χ0) is 30.8. The third-order valence-corrected chi connectivity index (χ3v) is 7.85. The summed E-state index contributed by atoms with van der Waals surface area (Å²) in [5.74, 6) is 0.761. The van der Waals surface area contributed by atoms with Crippen LogP contribution >= 0.6 is 15.9 Å². The lowest BCUT2D eigenvalue weighted by Gasteiger charge is -2.30. The summed E-state index contributed by atoms with van der Waals surface area (Å²) in [6.45, 7) is 2.99. The molecule has 1 amide bonds. The number of hydrogen-bond donors (Lipinski definition) is 3. The molecule has 0 radical (unpaired) electrons. The number of aryl methyl sites for hydroxylation is 1. The van der Waals surface area contributed by atoms with E-state index in [4.69, 9.17) is 19.6 Å². The minimum absolute atomic E-state index is 0.0723. The highest BCUT2D eigenvalue weighted by atomic mass is 79.9. The summed E-state index contributed by atoms with van der Waals surface area (Å²) >= 11 is 3.52. The lowest BCUT2D eigenvalue weighted by molar-refractivity contribution is -0.129. The third kappa shape index (κ3) is 7.82. The maximum atomic E-state index is 14.3. The summed E-state index contributed by atoms with van der Waals surface area (Å²) in [7, 11) is 0. The molecule has 0 saturated carbocycles. The molecule has 0 fully saturated rings. The topological polar surface area (TPSA) is 92.2 Å². The molecule has 7 nitrogen and oxygen atoms in total. The zero-order valence-electron chi connectivity index (χ0n) is 24.6. The van der Waals surface area contributed by atoms with Gasteiger partial charge >= 0.3 is 0 Å². The number of aliphatic hydroxyl groups is 1. The zero-order valence-corrected chi connectivity index (χ0v) is 26.2. The van der Waals surface area contributed by atoms with Gasteiger partial charge in [-0.1, -0.05) is 100 Å². The van der Waals surface area contributed by atoms with Gasteiger partial charge in [0.1, 0.15) is 5.75 Å². The minimum atomic E-state index is -1.30. The number of aliphatic hydroxyl groups excluding tert-OH is 1. The number of hydrogen-bond acceptors (Lipinski definition) is 6. The van der Waals surface area contributed by atoms with E-state index in [2.05, 4.69) is 32.8 Å². The van der Waals surface area contributed by atoms with Crippen LogP contribution in [0, 0.1) is 6.92 Å². The molecule has 0 spiro atoms. The monoisotopic (exact) mass is 653 g/mol. The Hall–Kier alpha value is -4.24. The van der Waals surface area contributed by atoms with E-state index in [1.165, 1.54) is 0 Å². The van der Waals surface area contributed by atoms with Crippen LogP contribution in [0.2, 0.25) is 0 Å². The van der Waals surface area contributed by atoms with Crippen LogP contribution in [-0.4, -0.2) is 35.7 Å². The van der Waals surface area contributed by atoms with Crippen LogP contribution in [0.4, 0.5) is 0 Å². The normalized spacial score (nSPS) is 17.7. The van der Waals surface area contributed by atoms with Crippen LogP contribution in [0.3, 0.4) is 0 Å². The Labute approximate surface area is 266 Å². The van der Waals surface area contributed by atoms with Crippen molar-refractivity contribution >= 4 is 33.8 Å². The Morgan fingerprint density at radius 1 is 1.02 bits per heavy atom. The second-order valence-corrected chi connectivity index (χ2v) is 11.6. The Kier molecular flexibility index (Phi) is 10.6. The Balaban J connectivity index is 1.48. The first-order chi connectivity index (χ1) is 21.5. The van der Waals surface area contributed by atoms with E-state index in [-0.39, 0.29) is 12.5 Å². The maximum absolute atomic E-state index is 14.3. The van der Waals surface area contributed by atoms with Crippen LogP contribution in [0.25, 0.3) is 6.08 Å². The van der Waals surface area contributed by atoms with E-state index in [0.717, 1.165) is 32.3 Å². The minimum Gasteiger partial charge on any atom is -0.494 e. The highest BCUT2D eigenvalue weighted by Gasteiger charge is 2.52. The number of hydrazine groups is 1. The molecule has 3 N–H and O–H groups in total. The van der Waals surface area contributed by atoms with Crippen LogP contribution in [0.5, 0.6) is 5.75 Å². The first-order valence-corrected chi connectivity index (χ1v) is 15.4. The fourth-order valence-electron chi connectivity index (χ4n) is 5.05. The van der Waals surface area contributed by atoms with E-state index < -0.39 is 11.6 Å². The number of carbonyl (C=O) groups excluding carboxylic acids is 1. The molecule has 0 saturated heterocycles. The molecule has 1 heterocycles. The molecule has 0 bridgehead atoms. The Bertz CT molecular complexity index is 1590. The highest BCUT2D eigenvalue weighted by Crippen LogP contribution is 2.43. The van der Waals surface area contributed by atoms with Gasteiger partial charge in [-0.15, -0.1) is 0 Å². The van der Waals surface area contributed by atoms with Gasteiger partial charge in [0, 0.05) is 36.0 Å². The van der Waals surface area contributed by atoms with E-state index in [1.54, 1.807) is 0 Å². The summed E-state index contributed by atoms with van der Waals surface area (Å²) in [5, 5.41) is 9.05. The van der Waals surface area contributed by atoms with E-state index in [1.807, 2.05) is 116 Å². The van der Waals surface area contributed by atoms with Crippen LogP contribution in [0.15, 0.2) is 119 Å². The predicted octanol–water partition coefficient (Wildman–Crippen LogP) is 6.70. The van der Waals surface area contributed by atoms with E-state index >= 15 is 0 Å². The number of halogens is 1. The molecule has 1 aliphatic heterocycles. The molecule has 8 heteroatoms. The molecule has 44 heavy (non-hydrogen) atoms. The summed E-state index contributed by atoms with van der Waals surface area (Å²) in [6.07, 6.45) is 4.15. The van der Waals surface area contributed by atoms with Crippen LogP contribution in [0.1, 0.15) is 46.8 Å². The average molecular weight is 655 g/mol. The van der Waals surface area contributed by atoms with Gasteiger partial charge in [0.05, 0.1) is 6.61 Å². The third-order valence-electron chi connectivity index (χ3n) is 7.32. The molecule has 0 unspecified atom stereocenters. The first-order valence-electron chi connectivity index (χ1n) is 14.6. The molecule has 5 rings (SSSR count). The van der Waals surface area contributed by atoms with Crippen molar-refractivity contribution in [1.29, 1.82) is 0 Å². The molecular weight excluding hydrogens is 618 g/mol. The van der Waals surface area contributed by atoms with Gasteiger partial charge in [0.2, 0.25) is 5.90 Å². The number of amides is 1.